The molecule has 10 heterocycles. The smallest absolute Gasteiger partial charge is 0.266 e. The third kappa shape index (κ3) is 6.43. The Hall–Kier alpha value is -6.42. The highest BCUT2D eigenvalue weighted by Crippen LogP contribution is 2.73. The average molecular weight is 1180 g/mol. The van der Waals surface area contributed by atoms with Gasteiger partial charge in [0, 0.05) is 26.9 Å². The molecule has 2 spiro atoms. The molecule has 8 fully saturated rings. The molecule has 12 aliphatic rings. The molecule has 408 valence electrons. The van der Waals surface area contributed by atoms with Crippen LogP contribution in [0.4, 0.5) is 11.4 Å². The summed E-state index contributed by atoms with van der Waals surface area (Å²) in [4.78, 5) is 60.6. The summed E-state index contributed by atoms with van der Waals surface area (Å²) >= 11 is 0. The summed E-state index contributed by atoms with van der Waals surface area (Å²) < 4.78 is 61.0. The minimum atomic E-state index is -4.11. The molecule has 80 heavy (non-hydrogen) atoms. The van der Waals surface area contributed by atoms with Crippen LogP contribution in [0.15, 0.2) is 180 Å². The fourth-order valence-electron chi connectivity index (χ4n) is 14.4. The lowest BCUT2D eigenvalue weighted by molar-refractivity contribution is -0.158. The first-order chi connectivity index (χ1) is 37.6. The Kier molecular flexibility index (Phi) is 11.9. The highest BCUT2D eigenvalue weighted by atomic mass is 33.1. The Balaban J connectivity index is 0.000000147. The molecule has 2 aliphatic carbocycles. The summed E-state index contributed by atoms with van der Waals surface area (Å²) in [5.74, 6) is -0.738. The van der Waals surface area contributed by atoms with E-state index in [1.807, 2.05) is 72.8 Å². The second-order valence-corrected chi connectivity index (χ2v) is 29.9. The summed E-state index contributed by atoms with van der Waals surface area (Å²) in [6, 6.07) is 48.1. The molecule has 0 radical (unpaired) electrons. The number of sulfonamides is 2. The van der Waals surface area contributed by atoms with Crippen molar-refractivity contribution in [1.29, 1.82) is 0 Å². The van der Waals surface area contributed by atoms with E-state index >= 15 is 0 Å². The number of allylic oxidation sites excluding steroid dienone is 2. The average Bonchev–Trinajstić information content (AvgIpc) is 4.50. The summed E-state index contributed by atoms with van der Waals surface area (Å²) in [7, 11) is 0.743. The number of carbonyl (C=O) groups is 4. The van der Waals surface area contributed by atoms with E-state index in [0.717, 1.165) is 44.5 Å². The van der Waals surface area contributed by atoms with Crippen molar-refractivity contribution in [2.24, 2.45) is 0 Å². The molecule has 6 aromatic carbocycles. The molecule has 0 unspecified atom stereocenters. The molecule has 0 saturated carbocycles. The van der Waals surface area contributed by atoms with Gasteiger partial charge in [0.25, 0.3) is 43.7 Å². The standard InChI is InChI=1S/2C29H23N3O4S3.2CH4/c2*1-30-25-24(33)31-26-28(17-29(31,27(30)34)38-37-25,21-16-15-18-9-5-6-12-20(18)21)22-13-7-8-14-23(22)32(26)39(35,36)19-10-3-2-4-11-19;;/h2*2-14,16,25-26H,15,17H2,1H3;2*1H4/t2*25-,26-,28-,29-;;/m00../s1. The zero-order chi connectivity index (χ0) is 53.5. The highest BCUT2D eigenvalue weighted by molar-refractivity contribution is 8.78. The van der Waals surface area contributed by atoms with Crippen LogP contribution in [-0.2, 0) is 62.9 Å². The number of hydrogen-bond donors (Lipinski definition) is 0. The van der Waals surface area contributed by atoms with Gasteiger partial charge in [0.15, 0.2) is 20.5 Å². The summed E-state index contributed by atoms with van der Waals surface area (Å²) in [5, 5.41) is -1.40. The van der Waals surface area contributed by atoms with Gasteiger partial charge >= 0.3 is 0 Å². The summed E-state index contributed by atoms with van der Waals surface area (Å²) in [6.45, 7) is 0. The number of benzene rings is 6. The van der Waals surface area contributed by atoms with E-state index in [4.69, 9.17) is 0 Å². The van der Waals surface area contributed by atoms with E-state index in [9.17, 15) is 36.0 Å². The normalized spacial score (nSPS) is 29.5. The van der Waals surface area contributed by atoms with Crippen molar-refractivity contribution in [3.63, 3.8) is 0 Å². The molecule has 14 nitrogen and oxygen atoms in total. The first-order valence-electron chi connectivity index (χ1n) is 25.5. The maximum absolute atomic E-state index is 14.5. The fraction of sp³-hybridized carbons (Fsp3) is 0.267. The van der Waals surface area contributed by atoms with Crippen molar-refractivity contribution in [3.8, 4) is 0 Å². The number of anilines is 2. The minimum absolute atomic E-state index is 0. The Morgan fingerprint density at radius 3 is 1.21 bits per heavy atom. The lowest BCUT2D eigenvalue weighted by Crippen LogP contribution is -2.72. The number of piperazine rings is 2. The van der Waals surface area contributed by atoms with Gasteiger partial charge in [-0.25, -0.2) is 25.4 Å². The second kappa shape index (κ2) is 18.0. The number of rotatable bonds is 6. The van der Waals surface area contributed by atoms with E-state index in [1.165, 1.54) is 61.6 Å². The van der Waals surface area contributed by atoms with Crippen LogP contribution in [0.25, 0.3) is 11.1 Å². The Bertz CT molecular complexity index is 3740. The SMILES string of the molecule is C.C.CN1C(=O)[C@@]23C[C@]4(C5=CCc6ccccc65)c5ccccc5N(S(=O)(=O)c5ccccc5)[C@@H]4N2C(=O)[C@@H]1SS3.CN1C(=O)[C@@]23C[C@]4(C5=CCc6ccccc65)c5ccccc5N(S(=O)(=O)c5ccccc5)[C@@H]4N2C(=O)[C@@H]1SS3. The monoisotopic (exact) mass is 1180 g/mol. The van der Waals surface area contributed by atoms with Gasteiger partial charge in [-0.3, -0.25) is 29.0 Å². The van der Waals surface area contributed by atoms with E-state index in [1.54, 1.807) is 84.6 Å². The topological polar surface area (TPSA) is 156 Å². The molecule has 6 aromatic rings. The molecule has 18 rings (SSSR count). The highest BCUT2D eigenvalue weighted by Gasteiger charge is 2.79. The van der Waals surface area contributed by atoms with Gasteiger partial charge in [0.05, 0.1) is 32.0 Å². The molecule has 8 atom stereocenters. The van der Waals surface area contributed by atoms with Crippen LogP contribution in [0.5, 0.6) is 0 Å². The Morgan fingerprint density at radius 1 is 0.463 bits per heavy atom. The maximum atomic E-state index is 14.5. The fourth-order valence-corrected chi connectivity index (χ4v) is 24.7. The zero-order valence-corrected chi connectivity index (χ0v) is 46.6. The van der Waals surface area contributed by atoms with Gasteiger partial charge in [-0.05, 0) is 93.8 Å². The molecule has 4 bridgehead atoms. The molecular formula is C60H54N6O8S6. The van der Waals surface area contributed by atoms with Crippen LogP contribution < -0.4 is 8.61 Å². The zero-order valence-electron chi connectivity index (χ0n) is 41.7. The van der Waals surface area contributed by atoms with Gasteiger partial charge in [0.1, 0.15) is 12.3 Å². The molecule has 8 saturated heterocycles. The van der Waals surface area contributed by atoms with Gasteiger partial charge in [-0.2, -0.15) is 0 Å². The molecule has 20 heteroatoms. The number of carbonyl (C=O) groups excluding carboxylic acids is 4. The van der Waals surface area contributed by atoms with Crippen LogP contribution >= 0.6 is 43.2 Å². The lowest BCUT2D eigenvalue weighted by atomic mass is 9.70. The van der Waals surface area contributed by atoms with Crippen molar-refractivity contribution in [1.82, 2.24) is 19.6 Å². The quantitative estimate of drug-likeness (QED) is 0.146. The summed E-state index contributed by atoms with van der Waals surface area (Å²) in [5.41, 5.74) is 7.31. The Labute approximate surface area is 481 Å². The number of amides is 4. The predicted octanol–water partition coefficient (Wildman–Crippen LogP) is 9.71. The maximum Gasteiger partial charge on any atom is 0.266 e. The number of para-hydroxylation sites is 2. The van der Waals surface area contributed by atoms with E-state index in [0.29, 0.717) is 37.1 Å². The van der Waals surface area contributed by atoms with Crippen molar-refractivity contribution >= 4 is 109 Å². The van der Waals surface area contributed by atoms with Gasteiger partial charge < -0.3 is 9.80 Å². The third-order valence-electron chi connectivity index (χ3n) is 17.6. The van der Waals surface area contributed by atoms with Crippen LogP contribution in [0.3, 0.4) is 0 Å². The van der Waals surface area contributed by atoms with Crippen LogP contribution in [-0.4, -0.2) is 107 Å². The van der Waals surface area contributed by atoms with Crippen molar-refractivity contribution in [2.75, 3.05) is 22.7 Å². The van der Waals surface area contributed by atoms with E-state index in [-0.39, 0.29) is 48.3 Å². The minimum Gasteiger partial charge on any atom is -0.322 e. The molecule has 0 aromatic heterocycles. The second-order valence-electron chi connectivity index (χ2n) is 21.1. The van der Waals surface area contributed by atoms with Crippen LogP contribution in [0, 0.1) is 0 Å². The number of likely N-dealkylation sites (N-methyl/N-ethyl adjacent to an activating group) is 2. The number of fused-ring (bicyclic) bond motifs is 12. The molecule has 10 aliphatic heterocycles. The van der Waals surface area contributed by atoms with E-state index in [2.05, 4.69) is 36.4 Å². The van der Waals surface area contributed by atoms with Gasteiger partial charge in [-0.15, -0.1) is 0 Å². The van der Waals surface area contributed by atoms with Gasteiger partial charge in [0.2, 0.25) is 0 Å². The number of nitrogens with zero attached hydrogens (tertiary/aromatic N) is 6. The van der Waals surface area contributed by atoms with Crippen LogP contribution in [0.2, 0.25) is 0 Å². The molecule has 0 N–H and O–H groups in total. The van der Waals surface area contributed by atoms with Crippen molar-refractivity contribution in [2.45, 2.75) is 94.0 Å². The largest absolute Gasteiger partial charge is 0.322 e. The van der Waals surface area contributed by atoms with Crippen molar-refractivity contribution < 1.29 is 36.0 Å². The molecular weight excluding hydrogens is 1130 g/mol. The van der Waals surface area contributed by atoms with Crippen molar-refractivity contribution in [3.05, 3.63) is 203 Å². The molecule has 4 amide bonds. The number of hydrogen-bond acceptors (Lipinski definition) is 12. The van der Waals surface area contributed by atoms with Crippen LogP contribution in [0.1, 0.15) is 61.1 Å². The first kappa shape index (κ1) is 52.9. The van der Waals surface area contributed by atoms with Gasteiger partial charge in [-0.1, -0.05) is 192 Å². The Morgan fingerprint density at radius 2 is 0.812 bits per heavy atom. The first-order valence-corrected chi connectivity index (χ1v) is 32.8. The lowest BCUT2D eigenvalue weighted by Gasteiger charge is -2.53. The predicted molar refractivity (Wildman–Crippen MR) is 318 cm³/mol. The van der Waals surface area contributed by atoms with E-state index < -0.39 is 63.7 Å². The summed E-state index contributed by atoms with van der Waals surface area (Å²) in [6.07, 6.45) is 4.52. The third-order valence-corrected chi connectivity index (χ3v) is 27.6.